The number of para-hydroxylation sites is 1. The van der Waals surface area contributed by atoms with Crippen LogP contribution in [0.4, 0.5) is 5.82 Å². The topological polar surface area (TPSA) is 102 Å². The highest BCUT2D eigenvalue weighted by Crippen LogP contribution is 2.09. The van der Waals surface area contributed by atoms with E-state index in [1.165, 1.54) is 7.11 Å². The molecule has 2 aromatic rings. The molecule has 2 amide bonds. The van der Waals surface area contributed by atoms with E-state index in [0.29, 0.717) is 0 Å². The van der Waals surface area contributed by atoms with Crippen molar-refractivity contribution in [1.29, 1.82) is 0 Å². The molecule has 0 aliphatic carbocycles. The van der Waals surface area contributed by atoms with Crippen molar-refractivity contribution in [2.75, 3.05) is 12.4 Å². The van der Waals surface area contributed by atoms with Gasteiger partial charge in [0, 0.05) is 18.3 Å². The van der Waals surface area contributed by atoms with Gasteiger partial charge in [0.25, 0.3) is 0 Å². The van der Waals surface area contributed by atoms with Gasteiger partial charge >= 0.3 is 17.8 Å². The normalized spacial score (nSPS) is 11.4. The highest BCUT2D eigenvalue weighted by atomic mass is 16.5. The molecule has 0 spiro atoms. The molecule has 0 radical (unpaired) electrons. The van der Waals surface area contributed by atoms with Crippen LogP contribution in [0.1, 0.15) is 13.3 Å². The minimum atomic E-state index is -0.856. The van der Waals surface area contributed by atoms with Crippen LogP contribution in [0.2, 0.25) is 0 Å². The summed E-state index contributed by atoms with van der Waals surface area (Å²) in [5.41, 5.74) is 0.828. The molecule has 0 aliphatic heterocycles. The zero-order valence-electron chi connectivity index (χ0n) is 13.4. The number of amides is 2. The average molecular weight is 330 g/mol. The number of methoxy groups -OCH3 is 1. The third-order valence-electron chi connectivity index (χ3n) is 3.14. The van der Waals surface area contributed by atoms with Crippen LogP contribution in [0.25, 0.3) is 5.69 Å². The number of nitrogens with one attached hydrogen (secondary N) is 2. The summed E-state index contributed by atoms with van der Waals surface area (Å²) in [4.78, 5) is 34.8. The molecule has 0 fully saturated rings. The second-order valence-electron chi connectivity index (χ2n) is 5.09. The fourth-order valence-electron chi connectivity index (χ4n) is 1.96. The Balaban J connectivity index is 1.91. The van der Waals surface area contributed by atoms with Crippen LogP contribution in [0.3, 0.4) is 0 Å². The minimum Gasteiger partial charge on any atom is -0.469 e. The summed E-state index contributed by atoms with van der Waals surface area (Å²) in [6.07, 6.45) is 1.65. The first-order chi connectivity index (χ1) is 11.5. The Morgan fingerprint density at radius 3 is 2.54 bits per heavy atom. The van der Waals surface area contributed by atoms with Crippen molar-refractivity contribution in [3.63, 3.8) is 0 Å². The molecular weight excluding hydrogens is 312 g/mol. The number of esters is 1. The number of benzene rings is 1. The van der Waals surface area contributed by atoms with Gasteiger partial charge in [-0.15, -0.1) is 0 Å². The van der Waals surface area contributed by atoms with Crippen LogP contribution in [0, 0.1) is 0 Å². The molecule has 1 atom stereocenters. The van der Waals surface area contributed by atoms with Crippen LogP contribution < -0.4 is 10.6 Å². The van der Waals surface area contributed by atoms with Crippen molar-refractivity contribution < 1.29 is 19.1 Å². The number of anilines is 1. The van der Waals surface area contributed by atoms with Crippen molar-refractivity contribution in [3.05, 3.63) is 42.6 Å². The Hall–Kier alpha value is -3.16. The van der Waals surface area contributed by atoms with E-state index in [1.807, 2.05) is 30.3 Å². The van der Waals surface area contributed by atoms with E-state index >= 15 is 0 Å². The van der Waals surface area contributed by atoms with E-state index in [-0.39, 0.29) is 12.2 Å². The van der Waals surface area contributed by atoms with E-state index < -0.39 is 23.8 Å². The van der Waals surface area contributed by atoms with Gasteiger partial charge in [-0.05, 0) is 19.1 Å². The summed E-state index contributed by atoms with van der Waals surface area (Å²) in [7, 11) is 1.26. The average Bonchev–Trinajstić information content (AvgIpc) is 3.03. The van der Waals surface area contributed by atoms with E-state index in [9.17, 15) is 14.4 Å². The zero-order chi connectivity index (χ0) is 17.5. The molecule has 1 aromatic carbocycles. The Labute approximate surface area is 138 Å². The summed E-state index contributed by atoms with van der Waals surface area (Å²) in [6, 6.07) is 10.4. The van der Waals surface area contributed by atoms with Crippen molar-refractivity contribution in [2.45, 2.75) is 19.4 Å². The van der Waals surface area contributed by atoms with Crippen LogP contribution in [0.15, 0.2) is 42.6 Å². The van der Waals surface area contributed by atoms with Crippen LogP contribution in [-0.4, -0.2) is 40.7 Å². The number of carbonyl (C=O) groups is 3. The monoisotopic (exact) mass is 330 g/mol. The summed E-state index contributed by atoms with van der Waals surface area (Å²) in [5.74, 6) is -1.92. The van der Waals surface area contributed by atoms with Crippen LogP contribution >= 0.6 is 0 Å². The first kappa shape index (κ1) is 17.2. The number of carbonyl (C=O) groups excluding carboxylic acids is 3. The Morgan fingerprint density at radius 1 is 1.17 bits per heavy atom. The highest BCUT2D eigenvalue weighted by molar-refractivity contribution is 6.39. The summed E-state index contributed by atoms with van der Waals surface area (Å²) in [6.45, 7) is 1.60. The SMILES string of the molecule is COC(=O)C[C@H](C)NC(=O)C(=O)Nc1ccn(-c2ccccc2)n1. The lowest BCUT2D eigenvalue weighted by Crippen LogP contribution is -2.41. The van der Waals surface area contributed by atoms with Crippen molar-refractivity contribution >= 4 is 23.6 Å². The predicted octanol–water partition coefficient (Wildman–Crippen LogP) is 0.879. The van der Waals surface area contributed by atoms with Crippen molar-refractivity contribution in [3.8, 4) is 5.69 Å². The fraction of sp³-hybridized carbons (Fsp3) is 0.250. The van der Waals surface area contributed by atoms with Gasteiger partial charge in [0.05, 0.1) is 19.2 Å². The fourth-order valence-corrected chi connectivity index (χ4v) is 1.96. The molecule has 2 rings (SSSR count). The van der Waals surface area contributed by atoms with Gasteiger partial charge in [0.15, 0.2) is 5.82 Å². The van der Waals surface area contributed by atoms with Crippen LogP contribution in [-0.2, 0) is 19.1 Å². The Morgan fingerprint density at radius 2 is 1.88 bits per heavy atom. The molecule has 1 aromatic heterocycles. The number of aromatic nitrogens is 2. The maximum Gasteiger partial charge on any atom is 0.314 e. The van der Waals surface area contributed by atoms with Gasteiger partial charge in [0.1, 0.15) is 0 Å². The lowest BCUT2D eigenvalue weighted by Gasteiger charge is -2.11. The van der Waals surface area contributed by atoms with E-state index in [1.54, 1.807) is 23.9 Å². The first-order valence-corrected chi connectivity index (χ1v) is 7.29. The van der Waals surface area contributed by atoms with Gasteiger partial charge in [0.2, 0.25) is 0 Å². The smallest absolute Gasteiger partial charge is 0.314 e. The van der Waals surface area contributed by atoms with Gasteiger partial charge in [-0.1, -0.05) is 18.2 Å². The maximum atomic E-state index is 11.9. The first-order valence-electron chi connectivity index (χ1n) is 7.29. The van der Waals surface area contributed by atoms with E-state index in [2.05, 4.69) is 20.5 Å². The van der Waals surface area contributed by atoms with Crippen LogP contribution in [0.5, 0.6) is 0 Å². The summed E-state index contributed by atoms with van der Waals surface area (Å²) >= 11 is 0. The molecule has 2 N–H and O–H groups in total. The largest absolute Gasteiger partial charge is 0.469 e. The predicted molar refractivity (Wildman–Crippen MR) is 86.4 cm³/mol. The standard InChI is InChI=1S/C16H18N4O4/c1-11(10-14(21)24-2)17-15(22)16(23)18-13-8-9-20(19-13)12-6-4-3-5-7-12/h3-9,11H,10H2,1-2H3,(H,17,22)(H,18,19,23)/t11-/m0/s1. The molecule has 0 saturated heterocycles. The second kappa shape index (κ2) is 7.91. The van der Waals surface area contributed by atoms with Crippen molar-refractivity contribution in [1.82, 2.24) is 15.1 Å². The molecule has 8 heteroatoms. The number of rotatable bonds is 5. The van der Waals surface area contributed by atoms with Gasteiger partial charge in [-0.2, -0.15) is 5.10 Å². The number of hydrogen-bond donors (Lipinski definition) is 2. The molecule has 8 nitrogen and oxygen atoms in total. The molecule has 0 bridgehead atoms. The van der Waals surface area contributed by atoms with Gasteiger partial charge in [-0.3, -0.25) is 14.4 Å². The summed E-state index contributed by atoms with van der Waals surface area (Å²) in [5, 5.41) is 9.00. The highest BCUT2D eigenvalue weighted by Gasteiger charge is 2.19. The maximum absolute atomic E-state index is 11.9. The molecular formula is C16H18N4O4. The lowest BCUT2D eigenvalue weighted by molar-refractivity contribution is -0.142. The molecule has 0 aliphatic rings. The molecule has 0 unspecified atom stereocenters. The zero-order valence-corrected chi connectivity index (χ0v) is 13.4. The third kappa shape index (κ3) is 4.67. The quantitative estimate of drug-likeness (QED) is 0.626. The number of hydrogen-bond acceptors (Lipinski definition) is 5. The Kier molecular flexibility index (Phi) is 5.67. The lowest BCUT2D eigenvalue weighted by atomic mass is 10.2. The van der Waals surface area contributed by atoms with E-state index in [4.69, 9.17) is 0 Å². The van der Waals surface area contributed by atoms with Gasteiger partial charge in [-0.25, -0.2) is 4.68 Å². The van der Waals surface area contributed by atoms with Gasteiger partial charge < -0.3 is 15.4 Å². The molecule has 24 heavy (non-hydrogen) atoms. The third-order valence-corrected chi connectivity index (χ3v) is 3.14. The number of ether oxygens (including phenoxy) is 1. The van der Waals surface area contributed by atoms with E-state index in [0.717, 1.165) is 5.69 Å². The second-order valence-corrected chi connectivity index (χ2v) is 5.09. The van der Waals surface area contributed by atoms with Crippen molar-refractivity contribution in [2.24, 2.45) is 0 Å². The number of nitrogens with zero attached hydrogens (tertiary/aromatic N) is 2. The minimum absolute atomic E-state index is 0.0157. The molecule has 126 valence electrons. The summed E-state index contributed by atoms with van der Waals surface area (Å²) < 4.78 is 6.08. The molecule has 0 saturated carbocycles. The molecule has 1 heterocycles. The Bertz CT molecular complexity index is 727.